The van der Waals surface area contributed by atoms with E-state index in [0.29, 0.717) is 24.0 Å². The Kier molecular flexibility index (Phi) is 7.55. The minimum absolute atomic E-state index is 0.0104. The van der Waals surface area contributed by atoms with E-state index in [2.05, 4.69) is 10.3 Å². The maximum absolute atomic E-state index is 13.8. The second-order valence-corrected chi connectivity index (χ2v) is 7.60. The van der Waals surface area contributed by atoms with Gasteiger partial charge in [0.15, 0.2) is 11.3 Å². The fraction of sp³-hybridized carbons (Fsp3) is 0.333. The molecule has 0 bridgehead atoms. The lowest BCUT2D eigenvalue weighted by atomic mass is 9.99. The van der Waals surface area contributed by atoms with Gasteiger partial charge in [0.1, 0.15) is 17.1 Å². The van der Waals surface area contributed by atoms with Crippen molar-refractivity contribution in [3.05, 3.63) is 68.9 Å². The van der Waals surface area contributed by atoms with Crippen molar-refractivity contribution in [2.75, 3.05) is 20.3 Å². The van der Waals surface area contributed by atoms with E-state index >= 15 is 0 Å². The summed E-state index contributed by atoms with van der Waals surface area (Å²) in [6.07, 6.45) is 2.05. The lowest BCUT2D eigenvalue weighted by molar-refractivity contribution is -0.116. The Morgan fingerprint density at radius 2 is 1.97 bits per heavy atom. The maximum Gasteiger partial charge on any atom is 0.347 e. The van der Waals surface area contributed by atoms with Crippen LogP contribution in [0.2, 0.25) is 0 Å². The summed E-state index contributed by atoms with van der Waals surface area (Å²) < 4.78 is 25.5. The van der Waals surface area contributed by atoms with Crippen molar-refractivity contribution in [2.45, 2.75) is 26.8 Å². The van der Waals surface area contributed by atoms with Gasteiger partial charge in [0.05, 0.1) is 25.8 Å². The average molecular weight is 455 g/mol. The molecule has 2 aromatic heterocycles. The molecule has 3 rings (SSSR count). The van der Waals surface area contributed by atoms with Crippen LogP contribution in [-0.4, -0.2) is 41.6 Å². The first-order chi connectivity index (χ1) is 15.8. The lowest BCUT2D eigenvalue weighted by Gasteiger charge is -2.15. The zero-order chi connectivity index (χ0) is 24.1. The molecule has 33 heavy (non-hydrogen) atoms. The van der Waals surface area contributed by atoms with E-state index in [1.54, 1.807) is 32.3 Å². The molecule has 3 aromatic rings. The van der Waals surface area contributed by atoms with Crippen molar-refractivity contribution >= 4 is 22.8 Å². The van der Waals surface area contributed by atoms with E-state index < -0.39 is 11.5 Å². The zero-order valence-corrected chi connectivity index (χ0v) is 19.0. The summed E-state index contributed by atoms with van der Waals surface area (Å²) >= 11 is 0. The number of aryl methyl sites for hydroxylation is 1. The number of hydrogen-bond acceptors (Lipinski definition) is 7. The Balaban J connectivity index is 2.03. The molecule has 0 amide bonds. The molecule has 0 saturated heterocycles. The topological polar surface area (TPSA) is 99.5 Å². The fourth-order valence-corrected chi connectivity index (χ4v) is 3.62. The van der Waals surface area contributed by atoms with E-state index in [9.17, 15) is 18.8 Å². The van der Waals surface area contributed by atoms with Gasteiger partial charge in [0.25, 0.3) is 5.56 Å². The number of nitrogens with one attached hydrogen (secondary N) is 1. The number of carbonyl (C=O) groups excluding carboxylic acids is 2. The number of esters is 1. The Morgan fingerprint density at radius 3 is 2.64 bits per heavy atom. The molecule has 2 heterocycles. The van der Waals surface area contributed by atoms with Gasteiger partial charge in [-0.05, 0) is 55.2 Å². The quantitative estimate of drug-likeness (QED) is 0.495. The Bertz CT molecular complexity index is 1270. The number of methoxy groups -OCH3 is 1. The standard InChI is InChI=1S/C24H26FN3O5/c1-5-33-24(31)20-22(32-4)21-19(28(3)23(20)30)9-15(12-27-21)8-16-6-7-18(25)10-17(16)13-26-11-14(2)29/h6-7,9-10,12,26H,5,8,11,13H2,1-4H3. The van der Waals surface area contributed by atoms with Crippen LogP contribution in [0.25, 0.3) is 11.0 Å². The summed E-state index contributed by atoms with van der Waals surface area (Å²) in [5.41, 5.74) is 2.45. The molecular formula is C24H26FN3O5. The van der Waals surface area contributed by atoms with Crippen LogP contribution in [0.15, 0.2) is 35.3 Å². The predicted octanol–water partition coefficient (Wildman–Crippen LogP) is 2.53. The van der Waals surface area contributed by atoms with Crippen molar-refractivity contribution in [1.82, 2.24) is 14.9 Å². The number of hydrogen-bond donors (Lipinski definition) is 1. The zero-order valence-electron chi connectivity index (χ0n) is 19.0. The summed E-state index contributed by atoms with van der Waals surface area (Å²) in [6, 6.07) is 6.29. The minimum atomic E-state index is -0.767. The van der Waals surface area contributed by atoms with E-state index in [1.165, 1.54) is 30.7 Å². The van der Waals surface area contributed by atoms with Crippen molar-refractivity contribution < 1.29 is 23.5 Å². The molecular weight excluding hydrogens is 429 g/mol. The highest BCUT2D eigenvalue weighted by Crippen LogP contribution is 2.27. The third-order valence-corrected chi connectivity index (χ3v) is 5.18. The monoisotopic (exact) mass is 455 g/mol. The van der Waals surface area contributed by atoms with Crippen LogP contribution in [-0.2, 0) is 29.5 Å². The summed E-state index contributed by atoms with van der Waals surface area (Å²) in [5, 5.41) is 3.01. The van der Waals surface area contributed by atoms with Crippen molar-refractivity contribution in [1.29, 1.82) is 0 Å². The minimum Gasteiger partial charge on any atom is -0.493 e. The first-order valence-electron chi connectivity index (χ1n) is 10.5. The predicted molar refractivity (Wildman–Crippen MR) is 121 cm³/mol. The number of rotatable bonds is 9. The Hall–Kier alpha value is -3.59. The largest absolute Gasteiger partial charge is 0.493 e. The molecule has 0 unspecified atom stereocenters. The average Bonchev–Trinajstić information content (AvgIpc) is 2.77. The number of carbonyl (C=O) groups is 2. The molecule has 9 heteroatoms. The van der Waals surface area contributed by atoms with Crippen LogP contribution in [0.5, 0.6) is 5.75 Å². The highest BCUT2D eigenvalue weighted by Gasteiger charge is 2.24. The number of nitrogens with zero attached hydrogens (tertiary/aromatic N) is 2. The summed E-state index contributed by atoms with van der Waals surface area (Å²) in [6.45, 7) is 3.78. The molecule has 0 aliphatic carbocycles. The first-order valence-corrected chi connectivity index (χ1v) is 10.5. The molecule has 0 fully saturated rings. The van der Waals surface area contributed by atoms with E-state index in [0.717, 1.165) is 16.7 Å². The maximum atomic E-state index is 13.8. The van der Waals surface area contributed by atoms with Crippen LogP contribution in [0.1, 0.15) is 40.9 Å². The highest BCUT2D eigenvalue weighted by molar-refractivity contribution is 5.98. The normalized spacial score (nSPS) is 10.9. The third kappa shape index (κ3) is 5.25. The van der Waals surface area contributed by atoms with E-state index in [1.807, 2.05) is 0 Å². The van der Waals surface area contributed by atoms with Gasteiger partial charge >= 0.3 is 5.97 Å². The van der Waals surface area contributed by atoms with Crippen molar-refractivity contribution in [3.8, 4) is 5.75 Å². The number of benzene rings is 1. The second kappa shape index (κ2) is 10.4. The fourth-order valence-electron chi connectivity index (χ4n) is 3.62. The van der Waals surface area contributed by atoms with Gasteiger partial charge < -0.3 is 19.4 Å². The van der Waals surface area contributed by atoms with Gasteiger partial charge in [-0.15, -0.1) is 0 Å². The smallest absolute Gasteiger partial charge is 0.347 e. The van der Waals surface area contributed by atoms with Gasteiger partial charge in [-0.3, -0.25) is 14.6 Å². The molecule has 174 valence electrons. The number of halogens is 1. The summed E-state index contributed by atoms with van der Waals surface area (Å²) in [5.74, 6) is -1.08. The second-order valence-electron chi connectivity index (χ2n) is 7.60. The van der Waals surface area contributed by atoms with Gasteiger partial charge in [0, 0.05) is 19.8 Å². The highest BCUT2D eigenvalue weighted by atomic mass is 19.1. The molecule has 8 nitrogen and oxygen atoms in total. The number of ether oxygens (including phenoxy) is 2. The molecule has 0 spiro atoms. The molecule has 0 radical (unpaired) electrons. The van der Waals surface area contributed by atoms with Crippen LogP contribution in [0.4, 0.5) is 4.39 Å². The van der Waals surface area contributed by atoms with Crippen LogP contribution < -0.4 is 15.6 Å². The van der Waals surface area contributed by atoms with Gasteiger partial charge in [0.2, 0.25) is 0 Å². The van der Waals surface area contributed by atoms with E-state index in [4.69, 9.17) is 9.47 Å². The number of pyridine rings is 2. The number of Topliss-reactive ketones (excluding diaryl/α,β-unsaturated/α-hetero) is 1. The lowest BCUT2D eigenvalue weighted by Crippen LogP contribution is -2.27. The molecule has 0 aliphatic rings. The van der Waals surface area contributed by atoms with Gasteiger partial charge in [-0.2, -0.15) is 0 Å². The van der Waals surface area contributed by atoms with Crippen LogP contribution in [0.3, 0.4) is 0 Å². The molecule has 0 aliphatic heterocycles. The molecule has 0 atom stereocenters. The number of ketones is 1. The third-order valence-electron chi connectivity index (χ3n) is 5.18. The van der Waals surface area contributed by atoms with Gasteiger partial charge in [-0.1, -0.05) is 6.07 Å². The summed E-state index contributed by atoms with van der Waals surface area (Å²) in [7, 11) is 2.92. The molecule has 1 aromatic carbocycles. The van der Waals surface area contributed by atoms with Crippen molar-refractivity contribution in [3.63, 3.8) is 0 Å². The number of fused-ring (bicyclic) bond motifs is 1. The molecule has 1 N–H and O–H groups in total. The van der Waals surface area contributed by atoms with Crippen LogP contribution in [0, 0.1) is 5.82 Å². The first kappa shape index (κ1) is 24.1. The number of aromatic nitrogens is 2. The Morgan fingerprint density at radius 1 is 1.21 bits per heavy atom. The van der Waals surface area contributed by atoms with Crippen molar-refractivity contribution in [2.24, 2.45) is 7.05 Å². The SMILES string of the molecule is CCOC(=O)c1c(OC)c2ncc(Cc3ccc(F)cc3CNCC(C)=O)cc2n(C)c1=O. The Labute approximate surface area is 190 Å². The summed E-state index contributed by atoms with van der Waals surface area (Å²) in [4.78, 5) is 40.9. The van der Waals surface area contributed by atoms with E-state index in [-0.39, 0.29) is 36.1 Å². The molecule has 0 saturated carbocycles. The van der Waals surface area contributed by atoms with Crippen LogP contribution >= 0.6 is 0 Å². The van der Waals surface area contributed by atoms with Gasteiger partial charge in [-0.25, -0.2) is 9.18 Å².